The predicted octanol–water partition coefficient (Wildman–Crippen LogP) is 3.30. The summed E-state index contributed by atoms with van der Waals surface area (Å²) >= 11 is 6.06. The highest BCUT2D eigenvalue weighted by Crippen LogP contribution is 2.29. The highest BCUT2D eigenvalue weighted by atomic mass is 35.5. The molecule has 0 fully saturated rings. The van der Waals surface area contributed by atoms with E-state index in [1.54, 1.807) is 36.3 Å². The minimum absolute atomic E-state index is 0.102. The van der Waals surface area contributed by atoms with E-state index in [-0.39, 0.29) is 16.0 Å². The molecule has 0 saturated carbocycles. The SMILES string of the molecule is CC(c1ccc(-n2cncn2)cc1)N(C)S(=O)(=O)c1ccccc1Cl. The Balaban J connectivity index is 1.87. The maximum absolute atomic E-state index is 12.8. The van der Waals surface area contributed by atoms with Gasteiger partial charge in [0.1, 0.15) is 17.6 Å². The van der Waals surface area contributed by atoms with E-state index in [0.717, 1.165) is 11.3 Å². The van der Waals surface area contributed by atoms with Crippen molar-refractivity contribution in [3.05, 3.63) is 71.8 Å². The van der Waals surface area contributed by atoms with Crippen LogP contribution < -0.4 is 0 Å². The van der Waals surface area contributed by atoms with Crippen LogP contribution in [0.2, 0.25) is 5.02 Å². The maximum atomic E-state index is 12.8. The molecule has 1 atom stereocenters. The Morgan fingerprint density at radius 3 is 2.40 bits per heavy atom. The van der Waals surface area contributed by atoms with E-state index in [2.05, 4.69) is 10.1 Å². The predicted molar refractivity (Wildman–Crippen MR) is 96.2 cm³/mol. The molecule has 25 heavy (non-hydrogen) atoms. The Bertz CT molecular complexity index is 957. The molecule has 0 radical (unpaired) electrons. The second kappa shape index (κ2) is 6.95. The van der Waals surface area contributed by atoms with Crippen molar-refractivity contribution in [2.45, 2.75) is 17.9 Å². The lowest BCUT2D eigenvalue weighted by molar-refractivity contribution is 0.398. The van der Waals surface area contributed by atoms with E-state index in [1.165, 1.54) is 16.7 Å². The van der Waals surface area contributed by atoms with Gasteiger partial charge in [0.15, 0.2) is 0 Å². The summed E-state index contributed by atoms with van der Waals surface area (Å²) in [5.41, 5.74) is 1.71. The summed E-state index contributed by atoms with van der Waals surface area (Å²) in [4.78, 5) is 4.01. The molecule has 0 saturated heterocycles. The fourth-order valence-electron chi connectivity index (χ4n) is 2.47. The van der Waals surface area contributed by atoms with Crippen molar-refractivity contribution < 1.29 is 8.42 Å². The lowest BCUT2D eigenvalue weighted by atomic mass is 10.1. The van der Waals surface area contributed by atoms with Gasteiger partial charge in [0.25, 0.3) is 0 Å². The molecular weight excluding hydrogens is 360 g/mol. The fourth-order valence-corrected chi connectivity index (χ4v) is 4.32. The van der Waals surface area contributed by atoms with Crippen LogP contribution in [-0.2, 0) is 10.0 Å². The number of sulfonamides is 1. The summed E-state index contributed by atoms with van der Waals surface area (Å²) in [7, 11) is -2.15. The summed E-state index contributed by atoms with van der Waals surface area (Å²) in [6, 6.07) is 13.6. The first-order valence-electron chi connectivity index (χ1n) is 7.59. The number of rotatable bonds is 5. The quantitative estimate of drug-likeness (QED) is 0.685. The second-order valence-electron chi connectivity index (χ2n) is 5.56. The standard InChI is InChI=1S/C17H17ClN4O2S/c1-13(14-7-9-15(10-8-14)22-12-19-11-20-22)21(2)25(23,24)17-6-4-3-5-16(17)18/h3-13H,1-2H3. The van der Waals surface area contributed by atoms with Crippen molar-refractivity contribution in [2.75, 3.05) is 7.05 Å². The third-order valence-electron chi connectivity index (χ3n) is 4.10. The molecule has 0 N–H and O–H groups in total. The topological polar surface area (TPSA) is 68.1 Å². The summed E-state index contributed by atoms with van der Waals surface area (Å²) in [6.45, 7) is 1.83. The van der Waals surface area contributed by atoms with E-state index >= 15 is 0 Å². The van der Waals surface area contributed by atoms with Gasteiger partial charge in [0, 0.05) is 13.1 Å². The summed E-state index contributed by atoms with van der Waals surface area (Å²) < 4.78 is 28.6. The molecule has 130 valence electrons. The van der Waals surface area contributed by atoms with Crippen LogP contribution in [0.4, 0.5) is 0 Å². The summed E-state index contributed by atoms with van der Waals surface area (Å²) in [6.07, 6.45) is 3.06. The second-order valence-corrected chi connectivity index (χ2v) is 7.93. The van der Waals surface area contributed by atoms with Crippen LogP contribution in [0.5, 0.6) is 0 Å². The molecule has 3 rings (SSSR count). The number of aromatic nitrogens is 3. The smallest absolute Gasteiger partial charge is 0.223 e. The van der Waals surface area contributed by atoms with Gasteiger partial charge in [-0.05, 0) is 36.8 Å². The molecule has 0 aliphatic heterocycles. The van der Waals surface area contributed by atoms with E-state index < -0.39 is 10.0 Å². The average Bonchev–Trinajstić information content (AvgIpc) is 3.15. The number of nitrogens with zero attached hydrogens (tertiary/aromatic N) is 4. The van der Waals surface area contributed by atoms with Crippen molar-refractivity contribution >= 4 is 21.6 Å². The molecule has 1 aromatic heterocycles. The van der Waals surface area contributed by atoms with E-state index in [4.69, 9.17) is 11.6 Å². The van der Waals surface area contributed by atoms with Gasteiger partial charge in [-0.1, -0.05) is 35.9 Å². The van der Waals surface area contributed by atoms with Gasteiger partial charge in [-0.15, -0.1) is 0 Å². The van der Waals surface area contributed by atoms with Crippen LogP contribution in [0.1, 0.15) is 18.5 Å². The van der Waals surface area contributed by atoms with Crippen LogP contribution in [0.25, 0.3) is 5.69 Å². The molecule has 3 aromatic rings. The third kappa shape index (κ3) is 3.44. The molecule has 0 aliphatic rings. The Morgan fingerprint density at radius 1 is 1.12 bits per heavy atom. The first kappa shape index (κ1) is 17.6. The largest absolute Gasteiger partial charge is 0.244 e. The van der Waals surface area contributed by atoms with Gasteiger partial charge in [-0.2, -0.15) is 9.40 Å². The fraction of sp³-hybridized carbons (Fsp3) is 0.176. The minimum atomic E-state index is -3.70. The summed E-state index contributed by atoms with van der Waals surface area (Å²) in [5.74, 6) is 0. The molecule has 2 aromatic carbocycles. The van der Waals surface area contributed by atoms with Gasteiger partial charge >= 0.3 is 0 Å². The van der Waals surface area contributed by atoms with Crippen LogP contribution in [-0.4, -0.2) is 34.5 Å². The molecule has 8 heteroatoms. The number of halogens is 1. The Kier molecular flexibility index (Phi) is 4.89. The molecule has 0 amide bonds. The van der Waals surface area contributed by atoms with E-state index in [1.807, 2.05) is 31.2 Å². The zero-order valence-electron chi connectivity index (χ0n) is 13.7. The van der Waals surface area contributed by atoms with Crippen molar-refractivity contribution in [3.8, 4) is 5.69 Å². The van der Waals surface area contributed by atoms with Crippen LogP contribution in [0, 0.1) is 0 Å². The van der Waals surface area contributed by atoms with E-state index in [0.29, 0.717) is 0 Å². The van der Waals surface area contributed by atoms with E-state index in [9.17, 15) is 8.42 Å². The van der Waals surface area contributed by atoms with Crippen molar-refractivity contribution in [1.82, 2.24) is 19.1 Å². The van der Waals surface area contributed by atoms with Gasteiger partial charge < -0.3 is 0 Å². The zero-order chi connectivity index (χ0) is 18.0. The van der Waals surface area contributed by atoms with Crippen LogP contribution in [0.3, 0.4) is 0 Å². The Labute approximate surface area is 151 Å². The van der Waals surface area contributed by atoms with Crippen LogP contribution in [0.15, 0.2) is 66.1 Å². The Hall–Kier alpha value is -2.22. The third-order valence-corrected chi connectivity index (χ3v) is 6.53. The molecule has 0 bridgehead atoms. The normalized spacial score (nSPS) is 13.1. The zero-order valence-corrected chi connectivity index (χ0v) is 15.3. The van der Waals surface area contributed by atoms with Gasteiger partial charge in [-0.25, -0.2) is 18.1 Å². The van der Waals surface area contributed by atoms with Crippen molar-refractivity contribution in [3.63, 3.8) is 0 Å². The highest BCUT2D eigenvalue weighted by Gasteiger charge is 2.28. The monoisotopic (exact) mass is 376 g/mol. The lowest BCUT2D eigenvalue weighted by Gasteiger charge is -2.25. The van der Waals surface area contributed by atoms with Gasteiger partial charge in [0.05, 0.1) is 10.7 Å². The van der Waals surface area contributed by atoms with Gasteiger partial charge in [0.2, 0.25) is 10.0 Å². The highest BCUT2D eigenvalue weighted by molar-refractivity contribution is 7.89. The first-order chi connectivity index (χ1) is 11.9. The lowest BCUT2D eigenvalue weighted by Crippen LogP contribution is -2.30. The molecule has 0 aliphatic carbocycles. The van der Waals surface area contributed by atoms with Crippen molar-refractivity contribution in [2.24, 2.45) is 0 Å². The maximum Gasteiger partial charge on any atom is 0.244 e. The van der Waals surface area contributed by atoms with Gasteiger partial charge in [-0.3, -0.25) is 0 Å². The Morgan fingerprint density at radius 2 is 1.80 bits per heavy atom. The van der Waals surface area contributed by atoms with Crippen molar-refractivity contribution in [1.29, 1.82) is 0 Å². The molecule has 1 heterocycles. The van der Waals surface area contributed by atoms with Crippen LogP contribution >= 0.6 is 11.6 Å². The molecule has 0 spiro atoms. The number of hydrogen-bond acceptors (Lipinski definition) is 4. The minimum Gasteiger partial charge on any atom is -0.223 e. The number of hydrogen-bond donors (Lipinski definition) is 0. The molecular formula is C17H17ClN4O2S. The first-order valence-corrected chi connectivity index (χ1v) is 9.40. The molecule has 1 unspecified atom stereocenters. The average molecular weight is 377 g/mol. The number of benzene rings is 2. The summed E-state index contributed by atoms with van der Waals surface area (Å²) in [5, 5.41) is 4.28. The molecule has 6 nitrogen and oxygen atoms in total.